The van der Waals surface area contributed by atoms with E-state index in [2.05, 4.69) is 16.9 Å². The normalized spacial score (nSPS) is 20.2. The molecule has 1 aromatic carbocycles. The third kappa shape index (κ3) is 4.97. The van der Waals surface area contributed by atoms with E-state index in [0.717, 1.165) is 31.0 Å². The zero-order chi connectivity index (χ0) is 20.1. The lowest BCUT2D eigenvalue weighted by molar-refractivity contribution is 0.0303. The fraction of sp³-hybridized carbons (Fsp3) is 0.545. The maximum absolute atomic E-state index is 12.6. The van der Waals surface area contributed by atoms with Crippen molar-refractivity contribution in [2.24, 2.45) is 0 Å². The van der Waals surface area contributed by atoms with E-state index in [9.17, 15) is 4.79 Å². The standard InChI is InChI=1S/C22H30N4O3/c1-18-4-2-9-24(18)10-3-13-29-21-7-5-20(6-8-21)26-17-19(16-23-26)22(27)25-11-14-28-15-12-25/h5-8,16-18H,2-4,9-15H2,1H3/t18-/m0/s1. The predicted molar refractivity (Wildman–Crippen MR) is 111 cm³/mol. The summed E-state index contributed by atoms with van der Waals surface area (Å²) in [5.41, 5.74) is 1.51. The topological polar surface area (TPSA) is 59.8 Å². The molecule has 0 spiro atoms. The summed E-state index contributed by atoms with van der Waals surface area (Å²) in [4.78, 5) is 16.9. The number of hydrogen-bond donors (Lipinski definition) is 0. The van der Waals surface area contributed by atoms with Crippen molar-refractivity contribution in [2.45, 2.75) is 32.2 Å². The number of benzene rings is 1. The summed E-state index contributed by atoms with van der Waals surface area (Å²) in [6.45, 7) is 7.81. The van der Waals surface area contributed by atoms with Crippen LogP contribution in [0.4, 0.5) is 0 Å². The number of morpholine rings is 1. The van der Waals surface area contributed by atoms with Crippen LogP contribution in [0.2, 0.25) is 0 Å². The molecule has 1 amide bonds. The summed E-state index contributed by atoms with van der Waals surface area (Å²) in [6.07, 6.45) is 7.08. The lowest BCUT2D eigenvalue weighted by Gasteiger charge is -2.26. The van der Waals surface area contributed by atoms with E-state index in [-0.39, 0.29) is 5.91 Å². The van der Waals surface area contributed by atoms with Gasteiger partial charge in [-0.25, -0.2) is 4.68 Å². The van der Waals surface area contributed by atoms with Gasteiger partial charge in [-0.05, 0) is 57.0 Å². The molecule has 1 aromatic heterocycles. The molecule has 0 radical (unpaired) electrons. The molecule has 0 unspecified atom stereocenters. The van der Waals surface area contributed by atoms with Gasteiger partial charge in [0.25, 0.3) is 5.91 Å². The predicted octanol–water partition coefficient (Wildman–Crippen LogP) is 2.60. The summed E-state index contributed by atoms with van der Waals surface area (Å²) in [7, 11) is 0. The molecule has 29 heavy (non-hydrogen) atoms. The van der Waals surface area contributed by atoms with E-state index in [1.807, 2.05) is 29.2 Å². The molecule has 0 bridgehead atoms. The molecule has 0 N–H and O–H groups in total. The SMILES string of the molecule is C[C@H]1CCCN1CCCOc1ccc(-n2cc(C(=O)N3CCOCC3)cn2)cc1. The minimum Gasteiger partial charge on any atom is -0.494 e. The Hall–Kier alpha value is -2.38. The van der Waals surface area contributed by atoms with Crippen molar-refractivity contribution < 1.29 is 14.3 Å². The van der Waals surface area contributed by atoms with Crippen molar-refractivity contribution in [1.82, 2.24) is 19.6 Å². The van der Waals surface area contributed by atoms with Crippen molar-refractivity contribution in [3.63, 3.8) is 0 Å². The molecular weight excluding hydrogens is 368 g/mol. The van der Waals surface area contributed by atoms with Crippen LogP contribution in [0, 0.1) is 0 Å². The molecule has 2 aliphatic rings. The van der Waals surface area contributed by atoms with E-state index in [4.69, 9.17) is 9.47 Å². The zero-order valence-corrected chi connectivity index (χ0v) is 17.1. The van der Waals surface area contributed by atoms with Gasteiger partial charge < -0.3 is 19.3 Å². The summed E-state index contributed by atoms with van der Waals surface area (Å²) in [5, 5.41) is 4.35. The van der Waals surface area contributed by atoms with Crippen LogP contribution in [0.3, 0.4) is 0 Å². The Morgan fingerprint density at radius 2 is 2.00 bits per heavy atom. The highest BCUT2D eigenvalue weighted by Crippen LogP contribution is 2.18. The third-order valence-corrected chi connectivity index (χ3v) is 5.78. The fourth-order valence-electron chi connectivity index (χ4n) is 4.00. The molecule has 4 rings (SSSR count). The van der Waals surface area contributed by atoms with E-state index in [1.54, 1.807) is 17.1 Å². The first-order chi connectivity index (χ1) is 14.2. The minimum atomic E-state index is 0.00632. The number of carbonyl (C=O) groups is 1. The monoisotopic (exact) mass is 398 g/mol. The van der Waals surface area contributed by atoms with Crippen molar-refractivity contribution in [3.05, 3.63) is 42.2 Å². The Balaban J connectivity index is 1.27. The number of nitrogens with zero attached hydrogens (tertiary/aromatic N) is 4. The first-order valence-electron chi connectivity index (χ1n) is 10.6. The average molecular weight is 399 g/mol. The van der Waals surface area contributed by atoms with Gasteiger partial charge in [0.2, 0.25) is 0 Å². The van der Waals surface area contributed by atoms with E-state index >= 15 is 0 Å². The lowest BCUT2D eigenvalue weighted by atomic mass is 10.2. The van der Waals surface area contributed by atoms with E-state index < -0.39 is 0 Å². The second kappa shape index (κ2) is 9.41. The van der Waals surface area contributed by atoms with Crippen LogP contribution >= 0.6 is 0 Å². The molecule has 0 saturated carbocycles. The Labute approximate surface area is 172 Å². The smallest absolute Gasteiger partial charge is 0.257 e. The quantitative estimate of drug-likeness (QED) is 0.671. The summed E-state index contributed by atoms with van der Waals surface area (Å²) in [5.74, 6) is 0.867. The Bertz CT molecular complexity index is 799. The molecule has 2 saturated heterocycles. The van der Waals surface area contributed by atoms with Crippen LogP contribution in [-0.4, -0.2) is 77.5 Å². The van der Waals surface area contributed by atoms with E-state index in [0.29, 0.717) is 37.9 Å². The highest BCUT2D eigenvalue weighted by molar-refractivity contribution is 5.93. The van der Waals surface area contributed by atoms with Gasteiger partial charge in [-0.1, -0.05) is 0 Å². The third-order valence-electron chi connectivity index (χ3n) is 5.78. The summed E-state index contributed by atoms with van der Waals surface area (Å²) < 4.78 is 12.9. The maximum atomic E-state index is 12.6. The van der Waals surface area contributed by atoms with Crippen LogP contribution in [0.15, 0.2) is 36.7 Å². The average Bonchev–Trinajstić information content (AvgIpc) is 3.41. The van der Waals surface area contributed by atoms with Gasteiger partial charge >= 0.3 is 0 Å². The first-order valence-corrected chi connectivity index (χ1v) is 10.6. The second-order valence-electron chi connectivity index (χ2n) is 7.80. The number of amides is 1. The molecule has 1 atom stereocenters. The molecule has 156 valence electrons. The van der Waals surface area contributed by atoms with Crippen LogP contribution < -0.4 is 4.74 Å². The van der Waals surface area contributed by atoms with Crippen molar-refractivity contribution >= 4 is 5.91 Å². The van der Waals surface area contributed by atoms with Crippen LogP contribution in [0.5, 0.6) is 5.75 Å². The number of likely N-dealkylation sites (tertiary alicyclic amines) is 1. The van der Waals surface area contributed by atoms with Crippen molar-refractivity contribution in [3.8, 4) is 11.4 Å². The summed E-state index contributed by atoms with van der Waals surface area (Å²) >= 11 is 0. The van der Waals surface area contributed by atoms with Gasteiger partial charge in [-0.3, -0.25) is 4.79 Å². The molecule has 0 aliphatic carbocycles. The molecule has 7 heteroatoms. The Morgan fingerprint density at radius 1 is 1.21 bits per heavy atom. The molecular formula is C22H30N4O3. The Kier molecular flexibility index (Phi) is 6.46. The zero-order valence-electron chi connectivity index (χ0n) is 17.1. The number of rotatable bonds is 7. The molecule has 3 heterocycles. The highest BCUT2D eigenvalue weighted by atomic mass is 16.5. The van der Waals surface area contributed by atoms with Crippen LogP contribution in [-0.2, 0) is 4.74 Å². The van der Waals surface area contributed by atoms with Gasteiger partial charge in [0.1, 0.15) is 5.75 Å². The maximum Gasteiger partial charge on any atom is 0.257 e. The fourth-order valence-corrected chi connectivity index (χ4v) is 4.00. The second-order valence-corrected chi connectivity index (χ2v) is 7.80. The largest absolute Gasteiger partial charge is 0.494 e. The lowest BCUT2D eigenvalue weighted by Crippen LogP contribution is -2.40. The number of carbonyl (C=O) groups excluding carboxylic acids is 1. The highest BCUT2D eigenvalue weighted by Gasteiger charge is 2.20. The Morgan fingerprint density at radius 3 is 2.72 bits per heavy atom. The van der Waals surface area contributed by atoms with Gasteiger partial charge in [-0.2, -0.15) is 5.10 Å². The van der Waals surface area contributed by atoms with Crippen LogP contribution in [0.1, 0.15) is 36.5 Å². The molecule has 2 aliphatic heterocycles. The van der Waals surface area contributed by atoms with Gasteiger partial charge in [-0.15, -0.1) is 0 Å². The minimum absolute atomic E-state index is 0.00632. The van der Waals surface area contributed by atoms with Crippen LogP contribution in [0.25, 0.3) is 5.69 Å². The van der Waals surface area contributed by atoms with Gasteiger partial charge in [0.15, 0.2) is 0 Å². The van der Waals surface area contributed by atoms with Gasteiger partial charge in [0.05, 0.1) is 37.3 Å². The van der Waals surface area contributed by atoms with Crippen molar-refractivity contribution in [1.29, 1.82) is 0 Å². The van der Waals surface area contributed by atoms with E-state index in [1.165, 1.54) is 19.4 Å². The summed E-state index contributed by atoms with van der Waals surface area (Å²) in [6, 6.07) is 8.56. The molecule has 7 nitrogen and oxygen atoms in total. The number of hydrogen-bond acceptors (Lipinski definition) is 5. The molecule has 2 aromatic rings. The number of ether oxygens (including phenoxy) is 2. The van der Waals surface area contributed by atoms with Gasteiger partial charge in [0, 0.05) is 31.9 Å². The first kappa shape index (κ1) is 19.9. The number of aromatic nitrogens is 2. The molecule has 2 fully saturated rings. The van der Waals surface area contributed by atoms with Crippen molar-refractivity contribution in [2.75, 3.05) is 46.0 Å².